The number of nitrogens with zero attached hydrogens (tertiary/aromatic N) is 1. The summed E-state index contributed by atoms with van der Waals surface area (Å²) in [4.78, 5) is 0. The molecule has 1 heteroatoms. The van der Waals surface area contributed by atoms with Crippen LogP contribution in [0.3, 0.4) is 0 Å². The Bertz CT molecular complexity index is 105. The molecule has 0 aromatic carbocycles. The number of hydrogen-bond donors (Lipinski definition) is 0. The van der Waals surface area contributed by atoms with Crippen LogP contribution in [-0.4, -0.2) is 31.7 Å². The van der Waals surface area contributed by atoms with Gasteiger partial charge in [-0.05, 0) is 25.7 Å². The van der Waals surface area contributed by atoms with Crippen LogP contribution < -0.4 is 0 Å². The van der Waals surface area contributed by atoms with Crippen molar-refractivity contribution in [3.8, 4) is 0 Å². The Balaban J connectivity index is 3.88. The molecule has 0 unspecified atom stereocenters. The molecular formula is C12H28N+. The first-order valence-electron chi connectivity index (χ1n) is 5.83. The molecule has 0 N–H and O–H groups in total. The average Bonchev–Trinajstić information content (AvgIpc) is 2.02. The van der Waals surface area contributed by atoms with Crippen LogP contribution in [0.25, 0.3) is 0 Å². The maximum atomic E-state index is 2.33. The van der Waals surface area contributed by atoms with Crippen molar-refractivity contribution in [3.63, 3.8) is 0 Å². The van der Waals surface area contributed by atoms with Crippen LogP contribution in [0.4, 0.5) is 0 Å². The minimum Gasteiger partial charge on any atom is -0.328 e. The number of rotatable bonds is 7. The monoisotopic (exact) mass is 186 g/mol. The molecule has 0 aliphatic heterocycles. The van der Waals surface area contributed by atoms with Gasteiger partial charge in [-0.15, -0.1) is 0 Å². The van der Waals surface area contributed by atoms with Crippen molar-refractivity contribution in [2.75, 3.05) is 21.1 Å². The third-order valence-electron chi connectivity index (χ3n) is 2.88. The van der Waals surface area contributed by atoms with Crippen molar-refractivity contribution in [1.82, 2.24) is 0 Å². The molecule has 0 aromatic rings. The van der Waals surface area contributed by atoms with Crippen molar-refractivity contribution in [2.24, 2.45) is 0 Å². The van der Waals surface area contributed by atoms with Gasteiger partial charge in [0.05, 0.1) is 27.2 Å². The molecule has 0 atom stereocenters. The van der Waals surface area contributed by atoms with Crippen LogP contribution in [0.1, 0.15) is 52.4 Å². The van der Waals surface area contributed by atoms with Gasteiger partial charge in [0.15, 0.2) is 0 Å². The molecule has 0 radical (unpaired) electrons. The summed E-state index contributed by atoms with van der Waals surface area (Å²) in [6.07, 6.45) is 8.26. The predicted molar refractivity (Wildman–Crippen MR) is 60.9 cm³/mol. The van der Waals surface area contributed by atoms with Crippen LogP contribution in [0.2, 0.25) is 0 Å². The molecule has 13 heavy (non-hydrogen) atoms. The van der Waals surface area contributed by atoms with Gasteiger partial charge in [0, 0.05) is 0 Å². The van der Waals surface area contributed by atoms with Crippen LogP contribution >= 0.6 is 0 Å². The van der Waals surface area contributed by atoms with Gasteiger partial charge in [0.25, 0.3) is 0 Å². The van der Waals surface area contributed by atoms with Crippen molar-refractivity contribution < 1.29 is 4.48 Å². The molecule has 0 aliphatic carbocycles. The van der Waals surface area contributed by atoms with Crippen LogP contribution in [0.5, 0.6) is 0 Å². The Morgan fingerprint density at radius 3 is 1.46 bits per heavy atom. The van der Waals surface area contributed by atoms with Gasteiger partial charge in [0.2, 0.25) is 0 Å². The van der Waals surface area contributed by atoms with Crippen LogP contribution in [0, 0.1) is 0 Å². The van der Waals surface area contributed by atoms with E-state index >= 15 is 0 Å². The highest BCUT2D eigenvalue weighted by Crippen LogP contribution is 2.17. The molecule has 0 aromatic heterocycles. The first-order valence-corrected chi connectivity index (χ1v) is 5.83. The largest absolute Gasteiger partial charge is 0.328 e. The molecule has 0 spiro atoms. The van der Waals surface area contributed by atoms with E-state index in [1.807, 2.05) is 0 Å². The second-order valence-electron chi connectivity index (χ2n) is 5.05. The molecule has 0 rings (SSSR count). The Hall–Kier alpha value is -0.0400. The number of unbranched alkanes of at least 4 members (excludes halogenated alkanes) is 2. The Labute approximate surface area is 84.7 Å². The highest BCUT2D eigenvalue weighted by molar-refractivity contribution is 4.58. The van der Waals surface area contributed by atoms with E-state index in [1.54, 1.807) is 0 Å². The van der Waals surface area contributed by atoms with Gasteiger partial charge < -0.3 is 4.48 Å². The summed E-state index contributed by atoms with van der Waals surface area (Å²) < 4.78 is 1.14. The van der Waals surface area contributed by atoms with E-state index in [9.17, 15) is 0 Å². The van der Waals surface area contributed by atoms with E-state index in [1.165, 1.54) is 38.5 Å². The van der Waals surface area contributed by atoms with E-state index in [0.29, 0.717) is 0 Å². The lowest BCUT2D eigenvalue weighted by Crippen LogP contribution is -2.45. The molecule has 0 aliphatic rings. The van der Waals surface area contributed by atoms with Gasteiger partial charge >= 0.3 is 0 Å². The predicted octanol–water partition coefficient (Wildman–Crippen LogP) is 3.44. The van der Waals surface area contributed by atoms with Gasteiger partial charge in [-0.25, -0.2) is 0 Å². The molecule has 0 fully saturated rings. The Morgan fingerprint density at radius 1 is 0.846 bits per heavy atom. The highest BCUT2D eigenvalue weighted by atomic mass is 15.3. The second kappa shape index (κ2) is 6.42. The Morgan fingerprint density at radius 2 is 1.23 bits per heavy atom. The lowest BCUT2D eigenvalue weighted by atomic mass is 10.0. The van der Waals surface area contributed by atoms with Crippen molar-refractivity contribution in [2.45, 2.75) is 58.4 Å². The molecule has 0 amide bonds. The fraction of sp³-hybridized carbons (Fsp3) is 1.00. The van der Waals surface area contributed by atoms with Crippen molar-refractivity contribution >= 4 is 0 Å². The van der Waals surface area contributed by atoms with E-state index in [4.69, 9.17) is 0 Å². The second-order valence-corrected chi connectivity index (χ2v) is 5.05. The first kappa shape index (κ1) is 13.0. The van der Waals surface area contributed by atoms with Crippen molar-refractivity contribution in [1.29, 1.82) is 0 Å². The molecule has 0 saturated heterocycles. The summed E-state index contributed by atoms with van der Waals surface area (Å²) in [7, 11) is 6.99. The summed E-state index contributed by atoms with van der Waals surface area (Å²) >= 11 is 0. The van der Waals surface area contributed by atoms with Gasteiger partial charge in [0.1, 0.15) is 0 Å². The van der Waals surface area contributed by atoms with E-state index in [-0.39, 0.29) is 0 Å². The summed E-state index contributed by atoms with van der Waals surface area (Å²) in [5.41, 5.74) is 0. The standard InChI is InChI=1S/C12H28N/c1-6-8-10-12(11-9-7-2)13(3,4)5/h12H,6-11H2,1-5H3/q+1. The highest BCUT2D eigenvalue weighted by Gasteiger charge is 2.21. The normalized spacial score (nSPS) is 12.5. The smallest absolute Gasteiger partial charge is 0.0884 e. The molecular weight excluding hydrogens is 158 g/mol. The number of hydrogen-bond acceptors (Lipinski definition) is 0. The zero-order chi connectivity index (χ0) is 10.3. The molecule has 0 saturated carbocycles. The molecule has 0 bridgehead atoms. The summed E-state index contributed by atoms with van der Waals surface area (Å²) in [5.74, 6) is 0. The van der Waals surface area contributed by atoms with Gasteiger partial charge in [-0.3, -0.25) is 0 Å². The SMILES string of the molecule is CCCCC(CCCC)[N+](C)(C)C. The third kappa shape index (κ3) is 6.09. The fourth-order valence-corrected chi connectivity index (χ4v) is 1.80. The van der Waals surface area contributed by atoms with Gasteiger partial charge in [-0.2, -0.15) is 0 Å². The van der Waals surface area contributed by atoms with Crippen LogP contribution in [0.15, 0.2) is 0 Å². The fourth-order valence-electron chi connectivity index (χ4n) is 1.80. The quantitative estimate of drug-likeness (QED) is 0.534. The topological polar surface area (TPSA) is 0 Å². The summed E-state index contributed by atoms with van der Waals surface area (Å²) in [6, 6.07) is 0.875. The van der Waals surface area contributed by atoms with Crippen molar-refractivity contribution in [3.05, 3.63) is 0 Å². The minimum atomic E-state index is 0.875. The minimum absolute atomic E-state index is 0.875. The average molecular weight is 186 g/mol. The summed E-state index contributed by atoms with van der Waals surface area (Å²) in [6.45, 7) is 4.57. The maximum absolute atomic E-state index is 2.33. The Kier molecular flexibility index (Phi) is 6.40. The third-order valence-corrected chi connectivity index (χ3v) is 2.88. The first-order chi connectivity index (χ1) is 6.02. The van der Waals surface area contributed by atoms with Gasteiger partial charge in [-0.1, -0.05) is 26.7 Å². The molecule has 80 valence electrons. The molecule has 1 nitrogen and oxygen atoms in total. The number of quaternary nitrogens is 1. The summed E-state index contributed by atoms with van der Waals surface area (Å²) in [5, 5.41) is 0. The van der Waals surface area contributed by atoms with Crippen LogP contribution in [-0.2, 0) is 0 Å². The van der Waals surface area contributed by atoms with E-state index < -0.39 is 0 Å². The zero-order valence-corrected chi connectivity index (χ0v) is 10.3. The maximum Gasteiger partial charge on any atom is 0.0884 e. The van der Waals surface area contributed by atoms with E-state index in [2.05, 4.69) is 35.0 Å². The zero-order valence-electron chi connectivity index (χ0n) is 10.3. The lowest BCUT2D eigenvalue weighted by Gasteiger charge is -2.34. The lowest BCUT2D eigenvalue weighted by molar-refractivity contribution is -0.896. The molecule has 0 heterocycles. The van der Waals surface area contributed by atoms with E-state index in [0.717, 1.165) is 10.5 Å².